The van der Waals surface area contributed by atoms with E-state index >= 15 is 0 Å². The van der Waals surface area contributed by atoms with Crippen molar-refractivity contribution in [3.63, 3.8) is 0 Å². The highest BCUT2D eigenvalue weighted by Gasteiger charge is 2.38. The first-order valence-electron chi connectivity index (χ1n) is 16.4. The van der Waals surface area contributed by atoms with Crippen LogP contribution in [0.15, 0.2) is 24.3 Å². The molecule has 1 aliphatic rings. The molecule has 50 heavy (non-hydrogen) atoms. The molecule has 1 aromatic rings. The van der Waals surface area contributed by atoms with Gasteiger partial charge in [-0.1, -0.05) is 75.9 Å². The molecular weight excluding hydrogens is 723 g/mol. The first kappa shape index (κ1) is 44.4. The van der Waals surface area contributed by atoms with Crippen LogP contribution in [0.1, 0.15) is 44.5 Å². The minimum Gasteiger partial charge on any atom is -0.490 e. The number of carbonyl (C=O) groups is 3. The Morgan fingerprint density at radius 1 is 1.18 bits per heavy atom. The minimum atomic E-state index is -0.708. The molecular formula is C32H51BN4O9S4. The van der Waals surface area contributed by atoms with Crippen molar-refractivity contribution in [3.8, 4) is 17.5 Å². The number of hydrogen-bond acceptors (Lipinski definition) is 14. The van der Waals surface area contributed by atoms with E-state index in [-0.39, 0.29) is 73.5 Å². The molecule has 2 unspecified atom stereocenters. The van der Waals surface area contributed by atoms with Gasteiger partial charge in [-0.15, -0.1) is 0 Å². The maximum Gasteiger partial charge on any atom is 0.260 e. The van der Waals surface area contributed by atoms with Crippen molar-refractivity contribution in [3.05, 3.63) is 29.8 Å². The van der Waals surface area contributed by atoms with E-state index in [0.717, 1.165) is 0 Å². The van der Waals surface area contributed by atoms with Gasteiger partial charge in [-0.3, -0.25) is 14.4 Å². The lowest BCUT2D eigenvalue weighted by Crippen LogP contribution is -2.39. The predicted octanol–water partition coefficient (Wildman–Crippen LogP) is 1.77. The number of nitrogens with two attached hydrogens (primary N) is 1. The van der Waals surface area contributed by atoms with Gasteiger partial charge in [-0.25, -0.2) is 0 Å². The Bertz CT molecular complexity index is 1240. The summed E-state index contributed by atoms with van der Waals surface area (Å²) in [5.41, 5.74) is 4.92. The number of ether oxygens (including phenoxy) is 5. The van der Waals surface area contributed by atoms with Gasteiger partial charge in [-0.2, -0.15) is 5.82 Å². The summed E-state index contributed by atoms with van der Waals surface area (Å²) in [6.07, 6.45) is 1.39. The Morgan fingerprint density at radius 3 is 2.68 bits per heavy atom. The lowest BCUT2D eigenvalue weighted by atomic mass is 9.71. The minimum absolute atomic E-state index is 0.00252. The number of nitrogens with one attached hydrogen (secondary N) is 3. The topological polar surface area (TPSA) is 180 Å². The van der Waals surface area contributed by atoms with E-state index in [1.54, 1.807) is 45.9 Å². The van der Waals surface area contributed by atoms with E-state index in [4.69, 9.17) is 29.4 Å². The summed E-state index contributed by atoms with van der Waals surface area (Å²) < 4.78 is 29.3. The van der Waals surface area contributed by atoms with Crippen molar-refractivity contribution in [2.45, 2.75) is 67.9 Å². The summed E-state index contributed by atoms with van der Waals surface area (Å²) in [6.45, 7) is 9.90. The lowest BCUT2D eigenvalue weighted by molar-refractivity contribution is -0.132. The summed E-state index contributed by atoms with van der Waals surface area (Å²) in [5.74, 6) is 5.73. The van der Waals surface area contributed by atoms with Crippen LogP contribution >= 0.6 is 43.2 Å². The Balaban J connectivity index is 1.71. The largest absolute Gasteiger partial charge is 0.490 e. The van der Waals surface area contributed by atoms with Gasteiger partial charge in [0.05, 0.1) is 32.5 Å². The van der Waals surface area contributed by atoms with E-state index < -0.39 is 17.6 Å². The fraction of sp³-hybridized carbons (Fsp3) is 0.656. The third-order valence-corrected chi connectivity index (χ3v) is 11.7. The normalized spacial score (nSPS) is 18.3. The van der Waals surface area contributed by atoms with Gasteiger partial charge in [0.1, 0.15) is 30.5 Å². The Labute approximate surface area is 312 Å². The Hall–Kier alpha value is -1.79. The average Bonchev–Trinajstić information content (AvgIpc) is 3.48. The SMILES string of the molecule is CCNC(=O)[C@H](O[C@@H]1C[C@H](BC#CCNC(=O)COCCOC(COc2cccc(C(=O)NCCN)c2)SSC(C)(C)C)OC1CO)SSC. The van der Waals surface area contributed by atoms with E-state index in [9.17, 15) is 19.5 Å². The van der Waals surface area contributed by atoms with Crippen molar-refractivity contribution >= 4 is 68.2 Å². The molecule has 18 heteroatoms. The highest BCUT2D eigenvalue weighted by atomic mass is 33.1. The van der Waals surface area contributed by atoms with Gasteiger partial charge in [-0.05, 0) is 37.8 Å². The van der Waals surface area contributed by atoms with Crippen LogP contribution in [0.5, 0.6) is 5.75 Å². The van der Waals surface area contributed by atoms with E-state index in [0.29, 0.717) is 44.6 Å². The van der Waals surface area contributed by atoms with Crippen LogP contribution in [0.2, 0.25) is 0 Å². The molecule has 280 valence electrons. The molecule has 0 aromatic heterocycles. The molecule has 1 saturated heterocycles. The first-order valence-corrected chi connectivity index (χ1v) is 21.2. The maximum absolute atomic E-state index is 12.3. The second kappa shape index (κ2) is 25.2. The molecule has 1 aromatic carbocycles. The molecule has 1 aliphatic heterocycles. The van der Waals surface area contributed by atoms with Crippen molar-refractivity contribution in [1.82, 2.24) is 16.0 Å². The predicted molar refractivity (Wildman–Crippen MR) is 206 cm³/mol. The van der Waals surface area contributed by atoms with E-state index in [1.165, 1.54) is 21.6 Å². The molecule has 0 radical (unpaired) electrons. The van der Waals surface area contributed by atoms with Crippen LogP contribution in [0.3, 0.4) is 0 Å². The Morgan fingerprint density at radius 2 is 1.98 bits per heavy atom. The quantitative estimate of drug-likeness (QED) is 0.0357. The summed E-state index contributed by atoms with van der Waals surface area (Å²) in [5, 5.41) is 18.0. The molecule has 1 heterocycles. The van der Waals surface area contributed by atoms with Crippen molar-refractivity contribution in [1.29, 1.82) is 0 Å². The van der Waals surface area contributed by atoms with Crippen molar-refractivity contribution < 1.29 is 43.2 Å². The number of hydrogen-bond donors (Lipinski definition) is 5. The van der Waals surface area contributed by atoms with Crippen LogP contribution in [0.4, 0.5) is 0 Å². The fourth-order valence-electron chi connectivity index (χ4n) is 4.19. The van der Waals surface area contributed by atoms with Crippen LogP contribution in [-0.4, -0.2) is 129 Å². The number of likely N-dealkylation sites (N-methyl/N-ethyl adjacent to an activating group) is 1. The number of carbonyl (C=O) groups excluding carboxylic acids is 3. The van der Waals surface area contributed by atoms with Gasteiger partial charge in [0.15, 0.2) is 5.44 Å². The number of aliphatic hydroxyl groups is 1. The molecule has 5 atom stereocenters. The number of benzene rings is 1. The van der Waals surface area contributed by atoms with Gasteiger partial charge < -0.3 is 50.5 Å². The molecule has 0 aliphatic carbocycles. The molecule has 0 saturated carbocycles. The van der Waals surface area contributed by atoms with E-state index in [2.05, 4.69) is 48.5 Å². The zero-order valence-corrected chi connectivity index (χ0v) is 32.7. The van der Waals surface area contributed by atoms with Gasteiger partial charge in [0, 0.05) is 35.9 Å². The second-order valence-electron chi connectivity index (χ2n) is 11.7. The number of rotatable bonds is 23. The second-order valence-corrected chi connectivity index (χ2v) is 17.5. The summed E-state index contributed by atoms with van der Waals surface area (Å²) in [6, 6.07) is 6.66. The summed E-state index contributed by atoms with van der Waals surface area (Å²) in [7, 11) is 6.35. The fourth-order valence-corrected chi connectivity index (χ4v) is 7.84. The van der Waals surface area contributed by atoms with Crippen LogP contribution in [0, 0.1) is 11.7 Å². The summed E-state index contributed by atoms with van der Waals surface area (Å²) >= 11 is 0. The Kier molecular flexibility index (Phi) is 22.4. The first-order chi connectivity index (χ1) is 24.0. The van der Waals surface area contributed by atoms with E-state index in [1.807, 2.05) is 13.2 Å². The molecule has 1 fully saturated rings. The van der Waals surface area contributed by atoms with Crippen LogP contribution in [0.25, 0.3) is 0 Å². The van der Waals surface area contributed by atoms with Crippen LogP contribution in [-0.2, 0) is 28.5 Å². The standard InChI is InChI=1S/C32H51BN4O9S4/c1-6-35-30(41)31(49-47-5)46-24-18-26(45-25(24)19-38)33-11-8-13-36-27(39)20-42-15-16-43-28(48-50-32(2,3)4)21-44-23-10-7-9-22(17-23)29(40)37-14-12-34/h7,9-10,17,24-26,28,31,33,38H,6,12-16,18-21,34H2,1-5H3,(H,35,41)(H,36,39)(H,37,40)/t24-,25?,26-,28?,31-/m1/s1. The molecule has 2 rings (SSSR count). The number of aliphatic hydroxyl groups excluding tert-OH is 1. The highest BCUT2D eigenvalue weighted by Crippen LogP contribution is 2.38. The monoisotopic (exact) mass is 774 g/mol. The summed E-state index contributed by atoms with van der Waals surface area (Å²) in [4.78, 5) is 36.8. The third kappa shape index (κ3) is 18.6. The smallest absolute Gasteiger partial charge is 0.260 e. The maximum atomic E-state index is 12.3. The molecule has 13 nitrogen and oxygen atoms in total. The zero-order chi connectivity index (χ0) is 36.8. The highest BCUT2D eigenvalue weighted by molar-refractivity contribution is 8.77. The average molecular weight is 775 g/mol. The van der Waals surface area contributed by atoms with Crippen molar-refractivity contribution in [2.75, 3.05) is 65.5 Å². The molecule has 3 amide bonds. The third-order valence-electron chi connectivity index (χ3n) is 6.42. The molecule has 0 bridgehead atoms. The molecule has 6 N–H and O–H groups in total. The van der Waals surface area contributed by atoms with Gasteiger partial charge in [0.2, 0.25) is 13.2 Å². The van der Waals surface area contributed by atoms with Gasteiger partial charge >= 0.3 is 0 Å². The lowest BCUT2D eigenvalue weighted by Gasteiger charge is -2.22. The molecule has 0 spiro atoms. The van der Waals surface area contributed by atoms with Crippen LogP contribution < -0.4 is 26.4 Å². The zero-order valence-electron chi connectivity index (χ0n) is 29.4. The van der Waals surface area contributed by atoms with Crippen molar-refractivity contribution in [2.24, 2.45) is 5.73 Å². The number of amides is 3. The van der Waals surface area contributed by atoms with Gasteiger partial charge in [0.25, 0.3) is 11.8 Å².